The molecule has 0 aliphatic heterocycles. The molecule has 0 fully saturated rings. The van der Waals surface area contributed by atoms with Crippen molar-refractivity contribution in [1.29, 1.82) is 0 Å². The van der Waals surface area contributed by atoms with Crippen LogP contribution in [-0.2, 0) is 20.1 Å². The van der Waals surface area contributed by atoms with Gasteiger partial charge in [0.15, 0.2) is 5.78 Å². The lowest BCUT2D eigenvalue weighted by Crippen LogP contribution is -2.32. The third-order valence-electron chi connectivity index (χ3n) is 5.14. The number of amides is 1. The molecule has 31 heavy (non-hydrogen) atoms. The second kappa shape index (κ2) is 8.39. The van der Waals surface area contributed by atoms with Gasteiger partial charge in [-0.15, -0.1) is 0 Å². The van der Waals surface area contributed by atoms with Crippen LogP contribution >= 0.6 is 0 Å². The number of nitrogens with one attached hydrogen (secondary N) is 1. The molecule has 4 aromatic rings. The molecule has 2 aromatic heterocycles. The number of H-pyrrole nitrogens is 1. The highest BCUT2D eigenvalue weighted by atomic mass is 16.2. The average Bonchev–Trinajstić information content (AvgIpc) is 3.15. The Balaban J connectivity index is 1.72. The number of para-hydroxylation sites is 1. The van der Waals surface area contributed by atoms with E-state index in [0.717, 1.165) is 5.56 Å². The molecule has 1 amide bonds. The standard InChI is InChI=1S/C24H22N4O3/c1-16(29)18-12-21(27(2)14-18)24(31)28(13-17-8-4-3-5-9-17)15-22-25-20-11-7-6-10-19(20)23(30)26-22/h3-12,14H,13,15H2,1-2H3,(H,25,26,30). The van der Waals surface area contributed by atoms with Gasteiger partial charge in [0.05, 0.1) is 17.4 Å². The summed E-state index contributed by atoms with van der Waals surface area (Å²) >= 11 is 0. The van der Waals surface area contributed by atoms with Gasteiger partial charge >= 0.3 is 0 Å². The maximum atomic E-state index is 13.4. The van der Waals surface area contributed by atoms with Crippen LogP contribution in [0.1, 0.15) is 39.2 Å². The van der Waals surface area contributed by atoms with Crippen LogP contribution in [0.3, 0.4) is 0 Å². The number of Topliss-reactive ketones (excluding diaryl/α,β-unsaturated/α-hetero) is 1. The van der Waals surface area contributed by atoms with Crippen molar-refractivity contribution in [3.8, 4) is 0 Å². The molecule has 0 saturated heterocycles. The highest BCUT2D eigenvalue weighted by molar-refractivity contribution is 5.99. The van der Waals surface area contributed by atoms with E-state index in [1.807, 2.05) is 36.4 Å². The minimum Gasteiger partial charge on any atom is -0.346 e. The van der Waals surface area contributed by atoms with Gasteiger partial charge in [0.2, 0.25) is 0 Å². The van der Waals surface area contributed by atoms with Gasteiger partial charge in [-0.25, -0.2) is 4.98 Å². The molecule has 0 bridgehead atoms. The summed E-state index contributed by atoms with van der Waals surface area (Å²) in [6.45, 7) is 1.92. The smallest absolute Gasteiger partial charge is 0.271 e. The first-order chi connectivity index (χ1) is 14.9. The molecule has 2 aromatic carbocycles. The Labute approximate surface area is 179 Å². The van der Waals surface area contributed by atoms with E-state index in [4.69, 9.17) is 0 Å². The van der Waals surface area contributed by atoms with Crippen LogP contribution in [0.15, 0.2) is 71.7 Å². The lowest BCUT2D eigenvalue weighted by molar-refractivity contribution is 0.0715. The first-order valence-electron chi connectivity index (χ1n) is 9.91. The van der Waals surface area contributed by atoms with E-state index in [1.54, 1.807) is 47.0 Å². The second-order valence-corrected chi connectivity index (χ2v) is 7.46. The number of ketones is 1. The number of hydrogen-bond donors (Lipinski definition) is 1. The van der Waals surface area contributed by atoms with Crippen LogP contribution in [0.25, 0.3) is 10.9 Å². The topological polar surface area (TPSA) is 88.1 Å². The lowest BCUT2D eigenvalue weighted by atomic mass is 10.2. The van der Waals surface area contributed by atoms with Crippen molar-refractivity contribution in [2.75, 3.05) is 0 Å². The Bertz CT molecular complexity index is 1320. The minimum atomic E-state index is -0.255. The molecule has 1 N–H and O–H groups in total. The first kappa shape index (κ1) is 20.3. The molecule has 0 aliphatic carbocycles. The van der Waals surface area contributed by atoms with E-state index in [9.17, 15) is 14.4 Å². The summed E-state index contributed by atoms with van der Waals surface area (Å²) in [5, 5.41) is 0.501. The number of carbonyl (C=O) groups excluding carboxylic acids is 2. The van der Waals surface area contributed by atoms with Crippen molar-refractivity contribution >= 4 is 22.6 Å². The Hall–Kier alpha value is -4.00. The predicted octanol–water partition coefficient (Wildman–Crippen LogP) is 3.31. The summed E-state index contributed by atoms with van der Waals surface area (Å²) in [5.41, 5.74) is 2.14. The Morgan fingerprint density at radius 1 is 1.03 bits per heavy atom. The number of rotatable bonds is 6. The fourth-order valence-electron chi connectivity index (χ4n) is 3.53. The first-order valence-corrected chi connectivity index (χ1v) is 9.91. The molecule has 7 heteroatoms. The van der Waals surface area contributed by atoms with Crippen LogP contribution in [0.4, 0.5) is 0 Å². The number of carbonyl (C=O) groups is 2. The molecule has 0 spiro atoms. The largest absolute Gasteiger partial charge is 0.346 e. The quantitative estimate of drug-likeness (QED) is 0.490. The fourth-order valence-corrected chi connectivity index (χ4v) is 3.53. The Morgan fingerprint density at radius 3 is 2.45 bits per heavy atom. The summed E-state index contributed by atoms with van der Waals surface area (Å²) < 4.78 is 1.65. The van der Waals surface area contributed by atoms with Crippen molar-refractivity contribution in [3.05, 3.63) is 99.9 Å². The number of aromatic nitrogens is 3. The van der Waals surface area contributed by atoms with E-state index in [0.29, 0.717) is 34.5 Å². The van der Waals surface area contributed by atoms with E-state index >= 15 is 0 Å². The summed E-state index contributed by atoms with van der Waals surface area (Å²) in [6.07, 6.45) is 1.65. The predicted molar refractivity (Wildman–Crippen MR) is 118 cm³/mol. The third kappa shape index (κ3) is 4.30. The average molecular weight is 414 g/mol. The summed E-state index contributed by atoms with van der Waals surface area (Å²) in [6, 6.07) is 18.3. The van der Waals surface area contributed by atoms with Crippen LogP contribution in [-0.4, -0.2) is 31.1 Å². The van der Waals surface area contributed by atoms with Gasteiger partial charge in [-0.2, -0.15) is 0 Å². The maximum absolute atomic E-state index is 13.4. The van der Waals surface area contributed by atoms with Crippen LogP contribution in [0, 0.1) is 0 Å². The molecular weight excluding hydrogens is 392 g/mol. The number of aryl methyl sites for hydroxylation is 1. The highest BCUT2D eigenvalue weighted by Crippen LogP contribution is 2.16. The normalized spacial score (nSPS) is 10.9. The summed E-state index contributed by atoms with van der Waals surface area (Å²) in [5.74, 6) is 0.0356. The highest BCUT2D eigenvalue weighted by Gasteiger charge is 2.22. The molecule has 0 unspecified atom stereocenters. The molecule has 0 radical (unpaired) electrons. The van der Waals surface area contributed by atoms with E-state index in [2.05, 4.69) is 9.97 Å². The minimum absolute atomic E-state index is 0.107. The van der Waals surface area contributed by atoms with Crippen molar-refractivity contribution < 1.29 is 9.59 Å². The molecule has 0 aliphatic rings. The Kier molecular flexibility index (Phi) is 5.49. The molecule has 2 heterocycles. The number of benzene rings is 2. The van der Waals surface area contributed by atoms with Crippen molar-refractivity contribution in [3.63, 3.8) is 0 Å². The molecular formula is C24H22N4O3. The van der Waals surface area contributed by atoms with E-state index < -0.39 is 0 Å². The molecule has 0 atom stereocenters. The number of nitrogens with zero attached hydrogens (tertiary/aromatic N) is 3. The van der Waals surface area contributed by atoms with Gasteiger partial charge in [0, 0.05) is 25.4 Å². The van der Waals surface area contributed by atoms with E-state index in [1.165, 1.54) is 6.92 Å². The number of aromatic amines is 1. The third-order valence-corrected chi connectivity index (χ3v) is 5.14. The van der Waals surface area contributed by atoms with Gasteiger partial charge in [0.25, 0.3) is 11.5 Å². The van der Waals surface area contributed by atoms with Gasteiger partial charge in [-0.1, -0.05) is 42.5 Å². The van der Waals surface area contributed by atoms with E-state index in [-0.39, 0.29) is 23.8 Å². The summed E-state index contributed by atoms with van der Waals surface area (Å²) in [7, 11) is 1.73. The summed E-state index contributed by atoms with van der Waals surface area (Å²) in [4.78, 5) is 46.6. The zero-order chi connectivity index (χ0) is 22.0. The van der Waals surface area contributed by atoms with Crippen molar-refractivity contribution in [2.45, 2.75) is 20.0 Å². The van der Waals surface area contributed by atoms with Crippen LogP contribution in [0.2, 0.25) is 0 Å². The fraction of sp³-hybridized carbons (Fsp3) is 0.167. The van der Waals surface area contributed by atoms with Crippen molar-refractivity contribution in [1.82, 2.24) is 19.4 Å². The van der Waals surface area contributed by atoms with Gasteiger partial charge < -0.3 is 14.5 Å². The van der Waals surface area contributed by atoms with Crippen LogP contribution in [0.5, 0.6) is 0 Å². The second-order valence-electron chi connectivity index (χ2n) is 7.46. The van der Waals surface area contributed by atoms with Crippen LogP contribution < -0.4 is 5.56 Å². The Morgan fingerprint density at radius 2 is 1.74 bits per heavy atom. The molecule has 156 valence electrons. The monoisotopic (exact) mass is 414 g/mol. The SMILES string of the molecule is CC(=O)c1cc(C(=O)N(Cc2ccccc2)Cc2nc3ccccc3c(=O)[nH]2)n(C)c1. The number of fused-ring (bicyclic) bond motifs is 1. The lowest BCUT2D eigenvalue weighted by Gasteiger charge is -2.23. The molecule has 0 saturated carbocycles. The maximum Gasteiger partial charge on any atom is 0.271 e. The van der Waals surface area contributed by atoms with Gasteiger partial charge in [-0.05, 0) is 30.7 Å². The molecule has 4 rings (SSSR count). The zero-order valence-electron chi connectivity index (χ0n) is 17.3. The molecule has 7 nitrogen and oxygen atoms in total. The van der Waals surface area contributed by atoms with Gasteiger partial charge in [0.1, 0.15) is 11.5 Å². The van der Waals surface area contributed by atoms with Crippen molar-refractivity contribution in [2.24, 2.45) is 7.05 Å². The van der Waals surface area contributed by atoms with Gasteiger partial charge in [-0.3, -0.25) is 14.4 Å². The number of hydrogen-bond acceptors (Lipinski definition) is 4. The zero-order valence-corrected chi connectivity index (χ0v) is 17.3.